The van der Waals surface area contributed by atoms with E-state index < -0.39 is 0 Å². The van der Waals surface area contributed by atoms with Gasteiger partial charge in [0.25, 0.3) is 0 Å². The predicted octanol–water partition coefficient (Wildman–Crippen LogP) is 4.86. The first-order valence-corrected chi connectivity index (χ1v) is 10.9. The summed E-state index contributed by atoms with van der Waals surface area (Å²) in [6, 6.07) is 34.2. The number of rotatable bonds is 3. The van der Waals surface area contributed by atoms with Gasteiger partial charge in [0.05, 0.1) is 5.69 Å². The van der Waals surface area contributed by atoms with Gasteiger partial charge in [-0.25, -0.2) is 0 Å². The van der Waals surface area contributed by atoms with E-state index in [1.165, 1.54) is 5.39 Å². The van der Waals surface area contributed by atoms with Gasteiger partial charge < -0.3 is 4.98 Å². The van der Waals surface area contributed by atoms with Crippen LogP contribution in [0.3, 0.4) is 0 Å². The number of hydrogen-bond donors (Lipinski definition) is 0. The molecule has 0 atom stereocenters. The van der Waals surface area contributed by atoms with Crippen LogP contribution in [-0.2, 0) is 21.1 Å². The van der Waals surface area contributed by atoms with E-state index in [2.05, 4.69) is 58.5 Å². The van der Waals surface area contributed by atoms with E-state index in [4.69, 9.17) is 4.98 Å². The summed E-state index contributed by atoms with van der Waals surface area (Å²) in [7, 11) is 0. The van der Waals surface area contributed by atoms with Crippen molar-refractivity contribution < 1.29 is 21.1 Å². The fourth-order valence-corrected chi connectivity index (χ4v) is 4.19. The Balaban J connectivity index is 0.00000241. The average molecular weight is 617 g/mol. The van der Waals surface area contributed by atoms with Crippen LogP contribution in [0.1, 0.15) is 11.3 Å². The molecular formula is C30H19N3Pt. The van der Waals surface area contributed by atoms with Crippen molar-refractivity contribution in [2.24, 2.45) is 0 Å². The number of nitrogens with zero attached hydrogens (tertiary/aromatic N) is 3. The Bertz CT molecular complexity index is 1710. The maximum Gasteiger partial charge on any atom is 2.00 e. The molecule has 3 aromatic heterocycles. The quantitative estimate of drug-likeness (QED) is 0.267. The van der Waals surface area contributed by atoms with Crippen LogP contribution < -0.4 is 15.7 Å². The number of fused-ring (bicyclic) bond motifs is 2. The molecule has 0 spiro atoms. The molecule has 0 fully saturated rings. The summed E-state index contributed by atoms with van der Waals surface area (Å²) in [5, 5.41) is 6.36. The Morgan fingerprint density at radius 1 is 0.618 bits per heavy atom. The summed E-state index contributed by atoms with van der Waals surface area (Å²) in [6.07, 6.45) is 7.77. The maximum absolute atomic E-state index is 4.95. The Morgan fingerprint density at radius 3 is 2.15 bits per heavy atom. The van der Waals surface area contributed by atoms with E-state index in [0.29, 0.717) is 0 Å². The van der Waals surface area contributed by atoms with E-state index in [9.17, 15) is 0 Å². The number of hydrogen-bond acceptors (Lipinski definition) is 2. The summed E-state index contributed by atoms with van der Waals surface area (Å²) < 4.78 is 0. The molecule has 0 bridgehead atoms. The second kappa shape index (κ2) is 9.59. The van der Waals surface area contributed by atoms with E-state index in [1.54, 1.807) is 6.20 Å². The summed E-state index contributed by atoms with van der Waals surface area (Å²) in [5.41, 5.74) is 3.77. The van der Waals surface area contributed by atoms with Gasteiger partial charge in [0.15, 0.2) is 0 Å². The second-order valence-corrected chi connectivity index (χ2v) is 7.87. The molecule has 6 rings (SSSR count). The molecule has 6 aromatic rings. The van der Waals surface area contributed by atoms with Crippen molar-refractivity contribution in [2.75, 3.05) is 0 Å². The van der Waals surface area contributed by atoms with Crippen molar-refractivity contribution in [3.8, 4) is 11.3 Å². The van der Waals surface area contributed by atoms with Crippen LogP contribution >= 0.6 is 0 Å². The van der Waals surface area contributed by atoms with E-state index in [0.717, 1.165) is 49.4 Å². The van der Waals surface area contributed by atoms with Crippen LogP contribution in [0.4, 0.5) is 0 Å². The SMILES string of the molecule is [Pt+2].[c-]1c(/C=c2\[n-]/c(=C\c3ccccn3)c3ccccc23)cccc1-c1nccc2ccccc12. The molecule has 4 heteroatoms. The van der Waals surface area contributed by atoms with Crippen LogP contribution in [-0.4, -0.2) is 9.97 Å². The van der Waals surface area contributed by atoms with E-state index in [1.807, 2.05) is 66.9 Å². The van der Waals surface area contributed by atoms with Gasteiger partial charge >= 0.3 is 21.1 Å². The van der Waals surface area contributed by atoms with Gasteiger partial charge in [-0.2, -0.15) is 5.35 Å². The van der Waals surface area contributed by atoms with Gasteiger partial charge in [-0.3, -0.25) is 9.97 Å². The zero-order valence-electron chi connectivity index (χ0n) is 18.1. The molecule has 3 heterocycles. The Morgan fingerprint density at radius 2 is 1.35 bits per heavy atom. The third kappa shape index (κ3) is 4.23. The van der Waals surface area contributed by atoms with Crippen molar-refractivity contribution in [2.45, 2.75) is 0 Å². The fourth-order valence-electron chi connectivity index (χ4n) is 4.19. The van der Waals surface area contributed by atoms with Gasteiger partial charge in [-0.05, 0) is 39.7 Å². The minimum Gasteiger partial charge on any atom is -0.663 e. The molecule has 0 radical (unpaired) electrons. The Hall–Kier alpha value is -3.81. The Labute approximate surface area is 211 Å². The molecule has 34 heavy (non-hydrogen) atoms. The van der Waals surface area contributed by atoms with Crippen molar-refractivity contribution >= 4 is 33.7 Å². The zero-order valence-corrected chi connectivity index (χ0v) is 20.4. The predicted molar refractivity (Wildman–Crippen MR) is 134 cm³/mol. The number of aromatic nitrogens is 3. The third-order valence-corrected chi connectivity index (χ3v) is 5.73. The third-order valence-electron chi connectivity index (χ3n) is 5.73. The molecule has 0 unspecified atom stereocenters. The van der Waals surface area contributed by atoms with Gasteiger partial charge in [0.1, 0.15) is 0 Å². The van der Waals surface area contributed by atoms with Gasteiger partial charge in [-0.15, -0.1) is 41.3 Å². The summed E-state index contributed by atoms with van der Waals surface area (Å²) in [4.78, 5) is 14.0. The fraction of sp³-hybridized carbons (Fsp3) is 0. The molecule has 0 saturated carbocycles. The summed E-state index contributed by atoms with van der Waals surface area (Å²) in [5.74, 6) is 0. The second-order valence-electron chi connectivity index (χ2n) is 7.87. The van der Waals surface area contributed by atoms with Crippen molar-refractivity contribution in [1.29, 1.82) is 0 Å². The minimum absolute atomic E-state index is 0. The van der Waals surface area contributed by atoms with Crippen LogP contribution in [0.2, 0.25) is 0 Å². The molecule has 0 aliphatic carbocycles. The minimum atomic E-state index is 0. The first-order chi connectivity index (χ1) is 16.3. The van der Waals surface area contributed by atoms with Gasteiger partial charge in [0.2, 0.25) is 0 Å². The molecule has 0 aliphatic heterocycles. The van der Waals surface area contributed by atoms with Crippen molar-refractivity contribution in [3.05, 3.63) is 131 Å². The normalized spacial score (nSPS) is 12.2. The molecule has 164 valence electrons. The largest absolute Gasteiger partial charge is 2.00 e. The van der Waals surface area contributed by atoms with Crippen molar-refractivity contribution in [3.63, 3.8) is 0 Å². The summed E-state index contributed by atoms with van der Waals surface area (Å²) >= 11 is 0. The monoisotopic (exact) mass is 616 g/mol. The van der Waals surface area contributed by atoms with Gasteiger partial charge in [-0.1, -0.05) is 66.2 Å². The smallest absolute Gasteiger partial charge is 0.663 e. The topological polar surface area (TPSA) is 39.9 Å². The van der Waals surface area contributed by atoms with Crippen LogP contribution in [0, 0.1) is 6.07 Å². The molecule has 3 nitrogen and oxygen atoms in total. The van der Waals surface area contributed by atoms with Gasteiger partial charge in [0, 0.05) is 18.1 Å². The molecule has 0 saturated heterocycles. The summed E-state index contributed by atoms with van der Waals surface area (Å²) in [6.45, 7) is 0. The molecule has 0 aliphatic rings. The number of benzene rings is 3. The number of pyridine rings is 2. The first-order valence-electron chi connectivity index (χ1n) is 10.9. The zero-order chi connectivity index (χ0) is 22.0. The van der Waals surface area contributed by atoms with Crippen LogP contribution in [0.25, 0.3) is 45.0 Å². The maximum atomic E-state index is 4.95. The Kier molecular flexibility index (Phi) is 6.20. The molecule has 0 N–H and O–H groups in total. The van der Waals surface area contributed by atoms with Crippen LogP contribution in [0.15, 0.2) is 103 Å². The molecule has 3 aromatic carbocycles. The van der Waals surface area contributed by atoms with Crippen LogP contribution in [0.5, 0.6) is 0 Å². The average Bonchev–Trinajstić information content (AvgIpc) is 3.21. The van der Waals surface area contributed by atoms with Crippen molar-refractivity contribution in [1.82, 2.24) is 15.0 Å². The first kappa shape index (κ1) is 22.0. The standard InChI is InChI=1S/C30H19N3.Pt/c1-2-12-25-22(9-1)15-17-32-30(25)23-10-7-8-21(18-23)19-28-26-13-3-4-14-27(26)29(33-28)20-24-11-5-6-16-31-24;/h1-17,19-20H;/q-2;+2/b28-19-,29-20-;. The van der Waals surface area contributed by atoms with E-state index in [-0.39, 0.29) is 21.1 Å². The molecule has 0 amide bonds. The van der Waals surface area contributed by atoms with E-state index >= 15 is 0 Å². The molecular weight excluding hydrogens is 597 g/mol.